The van der Waals surface area contributed by atoms with Gasteiger partial charge in [0.1, 0.15) is 30.6 Å². The molecule has 0 heterocycles. The summed E-state index contributed by atoms with van der Waals surface area (Å²) in [6.45, 7) is 2.61. The van der Waals surface area contributed by atoms with E-state index in [0.29, 0.717) is 35.1 Å². The van der Waals surface area contributed by atoms with Crippen LogP contribution in [0.25, 0.3) is 6.08 Å². The highest BCUT2D eigenvalue weighted by atomic mass is 79.9. The highest BCUT2D eigenvalue weighted by Crippen LogP contribution is 2.31. The van der Waals surface area contributed by atoms with Gasteiger partial charge in [0.25, 0.3) is 5.91 Å². The predicted octanol–water partition coefficient (Wildman–Crippen LogP) is 7.47. The monoisotopic (exact) mass is 582 g/mol. The van der Waals surface area contributed by atoms with Crippen LogP contribution in [0.3, 0.4) is 0 Å². The molecule has 0 spiro atoms. The molecule has 39 heavy (non-hydrogen) atoms. The lowest BCUT2D eigenvalue weighted by Gasteiger charge is -2.14. The van der Waals surface area contributed by atoms with Gasteiger partial charge >= 0.3 is 0 Å². The van der Waals surface area contributed by atoms with Crippen LogP contribution < -0.4 is 19.5 Å². The molecule has 1 amide bonds. The standard InChI is InChI=1S/C32H27BrN2O4/c1-22-7-6-10-28(15-22)35-32(36)26(19-34)17-25-18-27(33)12-14-29(25)38-21-24-11-13-30(31(16-24)37-2)39-20-23-8-4-3-5-9-23/h3-18H,20-21H2,1-2H3,(H,35,36)/b26-17+. The minimum atomic E-state index is -0.496. The zero-order valence-electron chi connectivity index (χ0n) is 21.6. The lowest BCUT2D eigenvalue weighted by Crippen LogP contribution is -2.13. The predicted molar refractivity (Wildman–Crippen MR) is 156 cm³/mol. The van der Waals surface area contributed by atoms with E-state index >= 15 is 0 Å². The van der Waals surface area contributed by atoms with Gasteiger partial charge in [0.2, 0.25) is 0 Å². The van der Waals surface area contributed by atoms with E-state index in [-0.39, 0.29) is 12.2 Å². The van der Waals surface area contributed by atoms with Crippen molar-refractivity contribution in [1.29, 1.82) is 5.26 Å². The van der Waals surface area contributed by atoms with E-state index in [9.17, 15) is 10.1 Å². The van der Waals surface area contributed by atoms with Gasteiger partial charge in [-0.15, -0.1) is 0 Å². The van der Waals surface area contributed by atoms with Crippen LogP contribution in [0.1, 0.15) is 22.3 Å². The average molecular weight is 583 g/mol. The quantitative estimate of drug-likeness (QED) is 0.155. The zero-order valence-corrected chi connectivity index (χ0v) is 23.2. The highest BCUT2D eigenvalue weighted by Gasteiger charge is 2.13. The van der Waals surface area contributed by atoms with Gasteiger partial charge in [-0.3, -0.25) is 4.79 Å². The third kappa shape index (κ3) is 7.73. The second-order valence-electron chi connectivity index (χ2n) is 8.72. The van der Waals surface area contributed by atoms with Crippen LogP contribution >= 0.6 is 15.9 Å². The lowest BCUT2D eigenvalue weighted by molar-refractivity contribution is -0.112. The van der Waals surface area contributed by atoms with Crippen LogP contribution in [0.4, 0.5) is 5.69 Å². The smallest absolute Gasteiger partial charge is 0.266 e. The van der Waals surface area contributed by atoms with Gasteiger partial charge in [0.15, 0.2) is 11.5 Å². The third-order valence-electron chi connectivity index (χ3n) is 5.77. The number of nitrogens with zero attached hydrogens (tertiary/aromatic N) is 1. The van der Waals surface area contributed by atoms with E-state index in [1.807, 2.05) is 85.8 Å². The topological polar surface area (TPSA) is 80.6 Å². The molecule has 0 aliphatic carbocycles. The molecule has 4 rings (SSSR count). The fourth-order valence-electron chi connectivity index (χ4n) is 3.81. The zero-order chi connectivity index (χ0) is 27.6. The van der Waals surface area contributed by atoms with Crippen LogP contribution in [0.2, 0.25) is 0 Å². The van der Waals surface area contributed by atoms with Gasteiger partial charge < -0.3 is 19.5 Å². The summed E-state index contributed by atoms with van der Waals surface area (Å²) >= 11 is 3.46. The average Bonchev–Trinajstić information content (AvgIpc) is 2.95. The van der Waals surface area contributed by atoms with Crippen LogP contribution in [0, 0.1) is 18.3 Å². The van der Waals surface area contributed by atoms with E-state index in [0.717, 1.165) is 21.2 Å². The number of nitrogens with one attached hydrogen (secondary N) is 1. The van der Waals surface area contributed by atoms with Crippen molar-refractivity contribution in [2.45, 2.75) is 20.1 Å². The number of anilines is 1. The minimum Gasteiger partial charge on any atom is -0.493 e. The number of carbonyl (C=O) groups is 1. The van der Waals surface area contributed by atoms with Crippen molar-refractivity contribution in [1.82, 2.24) is 0 Å². The Morgan fingerprint density at radius 2 is 1.62 bits per heavy atom. The second-order valence-corrected chi connectivity index (χ2v) is 9.64. The molecule has 0 fully saturated rings. The molecule has 196 valence electrons. The van der Waals surface area contributed by atoms with Crippen molar-refractivity contribution in [2.24, 2.45) is 0 Å². The largest absolute Gasteiger partial charge is 0.493 e. The maximum absolute atomic E-state index is 12.8. The summed E-state index contributed by atoms with van der Waals surface area (Å²) in [5, 5.41) is 12.5. The highest BCUT2D eigenvalue weighted by molar-refractivity contribution is 9.10. The SMILES string of the molecule is COc1cc(COc2ccc(Br)cc2/C=C(\C#N)C(=O)Nc2cccc(C)c2)ccc1OCc1ccccc1. The third-order valence-corrected chi connectivity index (χ3v) is 6.27. The van der Waals surface area contributed by atoms with E-state index in [1.165, 1.54) is 6.08 Å². The van der Waals surface area contributed by atoms with Crippen molar-refractivity contribution in [3.8, 4) is 23.3 Å². The molecule has 6 nitrogen and oxygen atoms in total. The second kappa shape index (κ2) is 13.3. The van der Waals surface area contributed by atoms with Crippen molar-refractivity contribution in [3.63, 3.8) is 0 Å². The maximum Gasteiger partial charge on any atom is 0.266 e. The van der Waals surface area contributed by atoms with Crippen LogP contribution in [-0.4, -0.2) is 13.0 Å². The van der Waals surface area contributed by atoms with Crippen molar-refractivity contribution >= 4 is 33.6 Å². The summed E-state index contributed by atoms with van der Waals surface area (Å²) in [7, 11) is 1.60. The first-order valence-corrected chi connectivity index (χ1v) is 13.0. The molecule has 0 aromatic heterocycles. The number of methoxy groups -OCH3 is 1. The van der Waals surface area contributed by atoms with Crippen molar-refractivity contribution in [3.05, 3.63) is 123 Å². The molecule has 0 saturated heterocycles. The Labute approximate surface area is 236 Å². The van der Waals surface area contributed by atoms with Gasteiger partial charge in [-0.05, 0) is 72.2 Å². The van der Waals surface area contributed by atoms with E-state index < -0.39 is 5.91 Å². The Morgan fingerprint density at radius 1 is 0.872 bits per heavy atom. The molecule has 0 atom stereocenters. The molecule has 4 aromatic carbocycles. The van der Waals surface area contributed by atoms with Gasteiger partial charge in [0, 0.05) is 15.7 Å². The molecule has 0 saturated carbocycles. The molecule has 1 N–H and O–H groups in total. The fourth-order valence-corrected chi connectivity index (χ4v) is 4.19. The molecule has 4 aromatic rings. The molecule has 7 heteroatoms. The normalized spacial score (nSPS) is 10.9. The summed E-state index contributed by atoms with van der Waals surface area (Å²) in [4.78, 5) is 12.8. The van der Waals surface area contributed by atoms with E-state index in [2.05, 4.69) is 21.2 Å². The Kier molecular flexibility index (Phi) is 9.39. The summed E-state index contributed by atoms with van der Waals surface area (Å²) in [6.07, 6.45) is 1.52. The first-order chi connectivity index (χ1) is 18.9. The number of halogens is 1. The number of rotatable bonds is 10. The number of ether oxygens (including phenoxy) is 3. The minimum absolute atomic E-state index is 0.0407. The first kappa shape index (κ1) is 27.5. The number of benzene rings is 4. The van der Waals surface area contributed by atoms with Gasteiger partial charge in [-0.1, -0.05) is 64.5 Å². The fraction of sp³-hybridized carbons (Fsp3) is 0.125. The van der Waals surface area contributed by atoms with Crippen LogP contribution in [0.5, 0.6) is 17.2 Å². The number of nitriles is 1. The summed E-state index contributed by atoms with van der Waals surface area (Å²) in [5.41, 5.74) is 4.11. The molecular weight excluding hydrogens is 556 g/mol. The molecule has 0 bridgehead atoms. The Morgan fingerprint density at radius 3 is 2.36 bits per heavy atom. The van der Waals surface area contributed by atoms with Gasteiger partial charge in [-0.25, -0.2) is 0 Å². The summed E-state index contributed by atoms with van der Waals surface area (Å²) in [5.74, 6) is 1.26. The van der Waals surface area contributed by atoms with Gasteiger partial charge in [0.05, 0.1) is 7.11 Å². The molecule has 0 unspecified atom stereocenters. The molecule has 0 aliphatic heterocycles. The number of hydrogen-bond donors (Lipinski definition) is 1. The Bertz CT molecular complexity index is 1530. The molecule has 0 aliphatic rings. The molecule has 0 radical (unpaired) electrons. The Balaban J connectivity index is 1.48. The number of hydrogen-bond acceptors (Lipinski definition) is 5. The number of aryl methyl sites for hydroxylation is 1. The molecular formula is C32H27BrN2O4. The lowest BCUT2D eigenvalue weighted by atomic mass is 10.1. The summed E-state index contributed by atoms with van der Waals surface area (Å²) < 4.78 is 18.4. The number of carbonyl (C=O) groups excluding carboxylic acids is 1. The van der Waals surface area contributed by atoms with Crippen LogP contribution in [-0.2, 0) is 18.0 Å². The Hall–Kier alpha value is -4.54. The maximum atomic E-state index is 12.8. The number of amides is 1. The van der Waals surface area contributed by atoms with Crippen molar-refractivity contribution < 1.29 is 19.0 Å². The summed E-state index contributed by atoms with van der Waals surface area (Å²) in [6, 6.07) is 30.4. The van der Waals surface area contributed by atoms with E-state index in [1.54, 1.807) is 25.3 Å². The van der Waals surface area contributed by atoms with Crippen LogP contribution in [0.15, 0.2) is 101 Å². The van der Waals surface area contributed by atoms with Gasteiger partial charge in [-0.2, -0.15) is 5.26 Å². The van der Waals surface area contributed by atoms with E-state index in [4.69, 9.17) is 14.2 Å². The first-order valence-electron chi connectivity index (χ1n) is 12.2. The van der Waals surface area contributed by atoms with Crippen molar-refractivity contribution in [2.75, 3.05) is 12.4 Å².